The molecule has 4 nitrogen and oxygen atoms in total. The van der Waals surface area contributed by atoms with Crippen LogP contribution in [0.2, 0.25) is 5.02 Å². The Balaban J connectivity index is 2.14. The highest BCUT2D eigenvalue weighted by atomic mass is 35.5. The number of hydrogen-bond donors (Lipinski definition) is 1. The summed E-state index contributed by atoms with van der Waals surface area (Å²) in [7, 11) is 0. The molecule has 21 heavy (non-hydrogen) atoms. The van der Waals surface area contributed by atoms with Crippen LogP contribution in [-0.2, 0) is 4.74 Å². The van der Waals surface area contributed by atoms with Gasteiger partial charge in [-0.25, -0.2) is 9.37 Å². The Morgan fingerprint density at radius 3 is 3.00 bits per heavy atom. The van der Waals surface area contributed by atoms with E-state index in [2.05, 4.69) is 10.3 Å². The number of imidazole rings is 1. The summed E-state index contributed by atoms with van der Waals surface area (Å²) in [6.07, 6.45) is 2.64. The zero-order chi connectivity index (χ0) is 15.2. The minimum atomic E-state index is -0.339. The maximum absolute atomic E-state index is 14.0. The van der Waals surface area contributed by atoms with Crippen molar-refractivity contribution in [1.82, 2.24) is 9.55 Å². The molecule has 0 bridgehead atoms. The predicted octanol–water partition coefficient (Wildman–Crippen LogP) is 3.81. The lowest BCUT2D eigenvalue weighted by Gasteiger charge is -2.11. The maximum Gasteiger partial charge on any atom is 0.207 e. The molecule has 6 heteroatoms. The first-order valence-electron chi connectivity index (χ1n) is 6.95. The van der Waals surface area contributed by atoms with Crippen molar-refractivity contribution in [3.63, 3.8) is 0 Å². The topological polar surface area (TPSA) is 39.1 Å². The van der Waals surface area contributed by atoms with Crippen molar-refractivity contribution >= 4 is 17.5 Å². The predicted molar refractivity (Wildman–Crippen MR) is 82.9 cm³/mol. The molecule has 0 saturated heterocycles. The van der Waals surface area contributed by atoms with Gasteiger partial charge in [0.15, 0.2) is 0 Å². The fraction of sp³-hybridized carbons (Fsp3) is 0.400. The third-order valence-electron chi connectivity index (χ3n) is 2.95. The van der Waals surface area contributed by atoms with Gasteiger partial charge in [0.05, 0.1) is 11.4 Å². The lowest BCUT2D eigenvalue weighted by molar-refractivity contribution is 0.147. The van der Waals surface area contributed by atoms with E-state index in [1.165, 1.54) is 12.1 Å². The first-order valence-corrected chi connectivity index (χ1v) is 7.32. The number of halogens is 2. The van der Waals surface area contributed by atoms with Gasteiger partial charge >= 0.3 is 0 Å². The summed E-state index contributed by atoms with van der Waals surface area (Å²) in [6, 6.07) is 4.47. The molecule has 114 valence electrons. The molecule has 0 radical (unpaired) electrons. The van der Waals surface area contributed by atoms with Crippen LogP contribution in [0.15, 0.2) is 24.4 Å². The first-order chi connectivity index (χ1) is 10.1. The van der Waals surface area contributed by atoms with Crippen molar-refractivity contribution in [2.24, 2.45) is 0 Å². The van der Waals surface area contributed by atoms with Crippen molar-refractivity contribution < 1.29 is 9.13 Å². The summed E-state index contributed by atoms with van der Waals surface area (Å²) in [4.78, 5) is 4.38. The molecule has 0 aliphatic carbocycles. The van der Waals surface area contributed by atoms with E-state index in [1.807, 2.05) is 13.8 Å². The second-order valence-corrected chi connectivity index (χ2v) is 5.09. The Morgan fingerprint density at radius 2 is 2.24 bits per heavy atom. The third kappa shape index (κ3) is 4.19. The Kier molecular flexibility index (Phi) is 5.59. The van der Waals surface area contributed by atoms with Crippen LogP contribution in [0.4, 0.5) is 10.3 Å². The van der Waals surface area contributed by atoms with Gasteiger partial charge in [0, 0.05) is 31.0 Å². The number of aryl methyl sites for hydroxylation is 1. The van der Waals surface area contributed by atoms with E-state index >= 15 is 0 Å². The van der Waals surface area contributed by atoms with Gasteiger partial charge < -0.3 is 10.1 Å². The van der Waals surface area contributed by atoms with Gasteiger partial charge in [-0.05, 0) is 38.5 Å². The molecule has 0 aliphatic rings. The minimum absolute atomic E-state index is 0.339. The zero-order valence-corrected chi connectivity index (χ0v) is 13.0. The van der Waals surface area contributed by atoms with Gasteiger partial charge in [-0.15, -0.1) is 0 Å². The zero-order valence-electron chi connectivity index (χ0n) is 12.2. The van der Waals surface area contributed by atoms with E-state index in [0.717, 1.165) is 12.1 Å². The minimum Gasteiger partial charge on any atom is -0.382 e. The highest BCUT2D eigenvalue weighted by Gasteiger charge is 2.11. The molecule has 1 aromatic carbocycles. The smallest absolute Gasteiger partial charge is 0.207 e. The summed E-state index contributed by atoms with van der Waals surface area (Å²) >= 11 is 5.95. The molecular weight excluding hydrogens is 293 g/mol. The molecule has 1 N–H and O–H groups in total. The molecule has 0 amide bonds. The third-order valence-corrected chi connectivity index (χ3v) is 3.18. The normalized spacial score (nSPS) is 10.9. The Bertz CT molecular complexity index is 601. The largest absolute Gasteiger partial charge is 0.382 e. The lowest BCUT2D eigenvalue weighted by atomic mass is 10.3. The van der Waals surface area contributed by atoms with Crippen LogP contribution in [0.3, 0.4) is 0 Å². The van der Waals surface area contributed by atoms with Crippen LogP contribution >= 0.6 is 11.6 Å². The van der Waals surface area contributed by atoms with E-state index < -0.39 is 0 Å². The van der Waals surface area contributed by atoms with Crippen molar-refractivity contribution in [1.29, 1.82) is 0 Å². The first kappa shape index (κ1) is 15.8. The summed E-state index contributed by atoms with van der Waals surface area (Å²) in [5.41, 5.74) is 1.19. The van der Waals surface area contributed by atoms with Crippen molar-refractivity contribution in [3.05, 3.63) is 40.9 Å². The van der Waals surface area contributed by atoms with Gasteiger partial charge in [-0.3, -0.25) is 4.57 Å². The summed E-state index contributed by atoms with van der Waals surface area (Å²) in [5.74, 6) is 0.263. The fourth-order valence-electron chi connectivity index (χ4n) is 2.00. The summed E-state index contributed by atoms with van der Waals surface area (Å²) in [6.45, 7) is 5.94. The monoisotopic (exact) mass is 311 g/mol. The molecule has 0 atom stereocenters. The van der Waals surface area contributed by atoms with Crippen LogP contribution in [-0.4, -0.2) is 29.3 Å². The van der Waals surface area contributed by atoms with E-state index in [9.17, 15) is 4.39 Å². The summed E-state index contributed by atoms with van der Waals surface area (Å²) < 4.78 is 20.9. The number of hydrogen-bond acceptors (Lipinski definition) is 3. The summed E-state index contributed by atoms with van der Waals surface area (Å²) in [5, 5.41) is 3.69. The van der Waals surface area contributed by atoms with Crippen molar-refractivity contribution in [3.8, 4) is 5.69 Å². The molecule has 1 heterocycles. The fourth-order valence-corrected chi connectivity index (χ4v) is 2.16. The highest BCUT2D eigenvalue weighted by Crippen LogP contribution is 2.23. The average Bonchev–Trinajstić information content (AvgIpc) is 2.82. The quantitative estimate of drug-likeness (QED) is 0.790. The van der Waals surface area contributed by atoms with Gasteiger partial charge in [0.2, 0.25) is 5.95 Å². The van der Waals surface area contributed by atoms with Crippen LogP contribution in [0, 0.1) is 12.7 Å². The van der Waals surface area contributed by atoms with Crippen LogP contribution in [0.1, 0.15) is 19.0 Å². The molecule has 0 fully saturated rings. The molecule has 0 saturated carbocycles. The van der Waals surface area contributed by atoms with Gasteiger partial charge in [0.1, 0.15) is 5.82 Å². The molecule has 1 aromatic heterocycles. The van der Waals surface area contributed by atoms with E-state index in [4.69, 9.17) is 16.3 Å². The molecule has 2 aromatic rings. The Morgan fingerprint density at radius 1 is 1.43 bits per heavy atom. The molecule has 0 spiro atoms. The van der Waals surface area contributed by atoms with Gasteiger partial charge in [-0.1, -0.05) is 11.6 Å². The SMILES string of the molecule is CCOCCCNc1nc(C)cn1-c1cc(Cl)ccc1F. The molecule has 0 unspecified atom stereocenters. The van der Waals surface area contributed by atoms with Crippen molar-refractivity contribution in [2.45, 2.75) is 20.3 Å². The maximum atomic E-state index is 14.0. The van der Waals surface area contributed by atoms with Gasteiger partial charge in [0.25, 0.3) is 0 Å². The Hall–Kier alpha value is -1.59. The number of nitrogens with one attached hydrogen (secondary N) is 1. The number of aromatic nitrogens is 2. The number of rotatable bonds is 7. The number of anilines is 1. The molecule has 0 aliphatic heterocycles. The van der Waals surface area contributed by atoms with Crippen LogP contribution < -0.4 is 5.32 Å². The molecule has 2 rings (SSSR count). The van der Waals surface area contributed by atoms with Crippen LogP contribution in [0.25, 0.3) is 5.69 Å². The van der Waals surface area contributed by atoms with Gasteiger partial charge in [-0.2, -0.15) is 0 Å². The van der Waals surface area contributed by atoms with Crippen molar-refractivity contribution in [2.75, 3.05) is 25.1 Å². The van der Waals surface area contributed by atoms with E-state index in [0.29, 0.717) is 36.4 Å². The number of nitrogens with zero attached hydrogens (tertiary/aromatic N) is 2. The number of benzene rings is 1. The van der Waals surface area contributed by atoms with Crippen LogP contribution in [0.5, 0.6) is 0 Å². The highest BCUT2D eigenvalue weighted by molar-refractivity contribution is 6.30. The van der Waals surface area contributed by atoms with E-state index in [-0.39, 0.29) is 5.82 Å². The Labute approximate surface area is 128 Å². The molecular formula is C15H19ClFN3O. The van der Waals surface area contributed by atoms with E-state index in [1.54, 1.807) is 16.8 Å². The second-order valence-electron chi connectivity index (χ2n) is 4.65. The standard InChI is InChI=1S/C15H19ClFN3O/c1-3-21-8-4-7-18-15-19-11(2)10-20(15)14-9-12(16)5-6-13(14)17/h5-6,9-10H,3-4,7-8H2,1-2H3,(H,18,19). The number of ether oxygens (including phenoxy) is 1. The lowest BCUT2D eigenvalue weighted by Crippen LogP contribution is -2.10. The second kappa shape index (κ2) is 7.43. The average molecular weight is 312 g/mol.